The quantitative estimate of drug-likeness (QED) is 0.634. The van der Waals surface area contributed by atoms with E-state index in [0.717, 1.165) is 36.2 Å². The predicted octanol–water partition coefficient (Wildman–Crippen LogP) is 4.69. The fraction of sp³-hybridized carbons (Fsp3) is 0.435. The van der Waals surface area contributed by atoms with E-state index in [0.29, 0.717) is 24.7 Å². The molecule has 0 N–H and O–H groups in total. The number of fused-ring (bicyclic) bond motifs is 2. The lowest BCUT2D eigenvalue weighted by molar-refractivity contribution is -0.117. The molecule has 0 saturated carbocycles. The molecule has 1 atom stereocenters. The summed E-state index contributed by atoms with van der Waals surface area (Å²) in [5.41, 5.74) is 5.27. The van der Waals surface area contributed by atoms with Crippen molar-refractivity contribution in [1.82, 2.24) is 10.1 Å². The van der Waals surface area contributed by atoms with Crippen LogP contribution in [0.25, 0.3) is 10.8 Å². The number of aromatic nitrogens is 2. The largest absolute Gasteiger partial charge is 0.333 e. The van der Waals surface area contributed by atoms with Crippen molar-refractivity contribution >= 4 is 22.9 Å². The van der Waals surface area contributed by atoms with Crippen molar-refractivity contribution in [3.63, 3.8) is 0 Å². The molecule has 1 unspecified atom stereocenters. The Bertz CT molecular complexity index is 1080. The summed E-state index contributed by atoms with van der Waals surface area (Å²) in [5, 5.41) is 4.24. The van der Waals surface area contributed by atoms with Crippen molar-refractivity contribution < 1.29 is 9.32 Å². The average Bonchev–Trinajstić information content (AvgIpc) is 3.50. The Morgan fingerprint density at radius 1 is 1.00 bits per heavy atom. The van der Waals surface area contributed by atoms with Crippen LogP contribution in [0.1, 0.15) is 59.0 Å². The van der Waals surface area contributed by atoms with Gasteiger partial charge in [0.1, 0.15) is 0 Å². The molecule has 1 aromatic carbocycles. The van der Waals surface area contributed by atoms with Gasteiger partial charge in [-0.05, 0) is 79.8 Å². The number of nitrogens with zero attached hydrogens (tertiary/aromatic N) is 3. The zero-order valence-electron chi connectivity index (χ0n) is 16.3. The molecule has 3 aliphatic rings. The third-order valence-corrected chi connectivity index (χ3v) is 7.76. The number of carbonyl (C=O) groups is 1. The van der Waals surface area contributed by atoms with E-state index in [2.05, 4.69) is 34.4 Å². The van der Waals surface area contributed by atoms with Gasteiger partial charge in [0.05, 0.1) is 4.88 Å². The third kappa shape index (κ3) is 3.01. The first-order chi connectivity index (χ1) is 14.2. The maximum absolute atomic E-state index is 12.7. The number of amides is 1. The van der Waals surface area contributed by atoms with Gasteiger partial charge in [-0.25, -0.2) is 0 Å². The second-order valence-corrected chi connectivity index (χ2v) is 9.57. The van der Waals surface area contributed by atoms with Crippen LogP contribution < -0.4 is 4.90 Å². The van der Waals surface area contributed by atoms with Crippen LogP contribution in [0, 0.1) is 0 Å². The van der Waals surface area contributed by atoms with Gasteiger partial charge in [0.2, 0.25) is 5.91 Å². The molecule has 3 heterocycles. The molecule has 1 aliphatic heterocycles. The van der Waals surface area contributed by atoms with E-state index in [1.165, 1.54) is 40.8 Å². The topological polar surface area (TPSA) is 59.2 Å². The normalized spacial score (nSPS) is 20.9. The number of anilines is 1. The molecule has 2 aromatic heterocycles. The summed E-state index contributed by atoms with van der Waals surface area (Å²) < 4.78 is 5.60. The van der Waals surface area contributed by atoms with E-state index in [4.69, 9.17) is 4.52 Å². The minimum Gasteiger partial charge on any atom is -0.333 e. The Morgan fingerprint density at radius 2 is 1.86 bits per heavy atom. The van der Waals surface area contributed by atoms with Gasteiger partial charge in [-0.2, -0.15) is 4.98 Å². The van der Waals surface area contributed by atoms with Crippen LogP contribution in [0.15, 0.2) is 28.8 Å². The number of hydrogen-bond donors (Lipinski definition) is 0. The highest BCUT2D eigenvalue weighted by atomic mass is 32.1. The van der Waals surface area contributed by atoms with Crippen LogP contribution in [0.3, 0.4) is 0 Å². The van der Waals surface area contributed by atoms with Crippen molar-refractivity contribution in [3.05, 3.63) is 51.7 Å². The lowest BCUT2D eigenvalue weighted by Crippen LogP contribution is -2.24. The Balaban J connectivity index is 1.23. The summed E-state index contributed by atoms with van der Waals surface area (Å²) in [7, 11) is 0. The van der Waals surface area contributed by atoms with E-state index in [-0.39, 0.29) is 11.8 Å². The molecule has 6 rings (SSSR count). The fourth-order valence-electron chi connectivity index (χ4n) is 4.95. The monoisotopic (exact) mass is 405 g/mol. The maximum Gasteiger partial charge on any atom is 0.268 e. The fourth-order valence-corrected chi connectivity index (χ4v) is 6.13. The van der Waals surface area contributed by atoms with E-state index in [1.807, 2.05) is 4.90 Å². The minimum absolute atomic E-state index is 0.0113. The number of carbonyl (C=O) groups excluding carboxylic acids is 1. The molecular weight excluding hydrogens is 382 g/mol. The van der Waals surface area contributed by atoms with Gasteiger partial charge < -0.3 is 9.42 Å². The van der Waals surface area contributed by atoms with Gasteiger partial charge in [-0.1, -0.05) is 11.2 Å². The number of hydrogen-bond acceptors (Lipinski definition) is 5. The zero-order chi connectivity index (χ0) is 19.4. The van der Waals surface area contributed by atoms with Gasteiger partial charge in [-0.3, -0.25) is 4.79 Å². The summed E-state index contributed by atoms with van der Waals surface area (Å²) in [6.45, 7) is 0.623. The average molecular weight is 406 g/mol. The van der Waals surface area contributed by atoms with E-state index in [1.54, 1.807) is 11.3 Å². The van der Waals surface area contributed by atoms with E-state index in [9.17, 15) is 4.79 Å². The minimum atomic E-state index is -0.0113. The second-order valence-electron chi connectivity index (χ2n) is 8.44. The van der Waals surface area contributed by atoms with Crippen molar-refractivity contribution in [1.29, 1.82) is 0 Å². The smallest absolute Gasteiger partial charge is 0.268 e. The highest BCUT2D eigenvalue weighted by Gasteiger charge is 2.35. The van der Waals surface area contributed by atoms with E-state index < -0.39 is 0 Å². The van der Waals surface area contributed by atoms with Crippen LogP contribution in [0.5, 0.6) is 0 Å². The molecule has 0 bridgehead atoms. The summed E-state index contributed by atoms with van der Waals surface area (Å²) in [6, 6.07) is 8.68. The van der Waals surface area contributed by atoms with Crippen molar-refractivity contribution in [3.8, 4) is 10.8 Å². The Morgan fingerprint density at radius 3 is 2.79 bits per heavy atom. The first kappa shape index (κ1) is 17.4. The van der Waals surface area contributed by atoms with Crippen LogP contribution in [0.2, 0.25) is 0 Å². The first-order valence-electron chi connectivity index (χ1n) is 10.6. The highest BCUT2D eigenvalue weighted by Crippen LogP contribution is 2.37. The molecule has 1 amide bonds. The Labute approximate surface area is 173 Å². The van der Waals surface area contributed by atoms with Gasteiger partial charge in [-0.15, -0.1) is 11.3 Å². The summed E-state index contributed by atoms with van der Waals surface area (Å²) >= 11 is 1.78. The summed E-state index contributed by atoms with van der Waals surface area (Å²) in [4.78, 5) is 21.8. The van der Waals surface area contributed by atoms with E-state index >= 15 is 0 Å². The maximum atomic E-state index is 12.7. The third-order valence-electron chi connectivity index (χ3n) is 6.53. The molecule has 0 radical (unpaired) electrons. The number of thiophene rings is 1. The van der Waals surface area contributed by atoms with Crippen LogP contribution in [0.4, 0.5) is 5.69 Å². The molecule has 2 aliphatic carbocycles. The van der Waals surface area contributed by atoms with Crippen LogP contribution >= 0.6 is 11.3 Å². The molecule has 6 heteroatoms. The summed E-state index contributed by atoms with van der Waals surface area (Å²) in [5.74, 6) is 1.39. The highest BCUT2D eigenvalue weighted by molar-refractivity contribution is 7.15. The lowest BCUT2D eigenvalue weighted by Gasteiger charge is -2.17. The van der Waals surface area contributed by atoms with Gasteiger partial charge in [0.15, 0.2) is 5.82 Å². The zero-order valence-corrected chi connectivity index (χ0v) is 17.1. The molecule has 148 valence electrons. The molecular formula is C23H23N3O2S. The standard InChI is InChI=1S/C23H23N3O2S/c27-21-12-17(13-26(21)18-9-8-14-5-3-6-15(14)10-18)22-24-23(28-25-22)20-11-16-4-1-2-7-19(16)29-20/h8-11,17H,1-7,12-13H2. The second kappa shape index (κ2) is 6.80. The number of benzene rings is 1. The predicted molar refractivity (Wildman–Crippen MR) is 112 cm³/mol. The van der Waals surface area contributed by atoms with Gasteiger partial charge in [0, 0.05) is 29.4 Å². The van der Waals surface area contributed by atoms with Gasteiger partial charge in [0.25, 0.3) is 5.89 Å². The molecule has 5 nitrogen and oxygen atoms in total. The molecule has 1 fully saturated rings. The van der Waals surface area contributed by atoms with Crippen LogP contribution in [-0.4, -0.2) is 22.6 Å². The molecule has 1 saturated heterocycles. The Kier molecular flexibility index (Phi) is 4.08. The van der Waals surface area contributed by atoms with Crippen LogP contribution in [-0.2, 0) is 30.5 Å². The summed E-state index contributed by atoms with van der Waals surface area (Å²) in [6.07, 6.45) is 8.78. The Hall–Kier alpha value is -2.47. The lowest BCUT2D eigenvalue weighted by atomic mass is 9.99. The van der Waals surface area contributed by atoms with Crippen molar-refractivity contribution in [2.75, 3.05) is 11.4 Å². The van der Waals surface area contributed by atoms with Gasteiger partial charge >= 0.3 is 0 Å². The first-order valence-corrected chi connectivity index (χ1v) is 11.4. The molecule has 0 spiro atoms. The van der Waals surface area contributed by atoms with Crippen molar-refractivity contribution in [2.45, 2.75) is 57.3 Å². The molecule has 29 heavy (non-hydrogen) atoms. The number of aryl methyl sites for hydroxylation is 4. The SMILES string of the molecule is O=C1CC(c2noc(-c3cc4c(s3)CCCC4)n2)CN1c1ccc2c(c1)CCC2. The number of rotatable bonds is 3. The van der Waals surface area contributed by atoms with Crippen molar-refractivity contribution in [2.24, 2.45) is 0 Å². The molecule has 3 aromatic rings.